The highest BCUT2D eigenvalue weighted by Crippen LogP contribution is 2.33. The van der Waals surface area contributed by atoms with E-state index in [0.717, 1.165) is 5.56 Å². The summed E-state index contributed by atoms with van der Waals surface area (Å²) in [6, 6.07) is 17.4. The number of amides is 2. The van der Waals surface area contributed by atoms with Gasteiger partial charge in [0.2, 0.25) is 13.6 Å². The topological polar surface area (TPSA) is 95.1 Å². The third-order valence-electron chi connectivity index (χ3n) is 5.00. The summed E-state index contributed by atoms with van der Waals surface area (Å²) in [5.41, 5.74) is 2.18. The number of benzene rings is 3. The van der Waals surface area contributed by atoms with Crippen LogP contribution in [0.25, 0.3) is 0 Å². The number of anilines is 1. The van der Waals surface area contributed by atoms with Crippen LogP contribution < -0.4 is 29.6 Å². The van der Waals surface area contributed by atoms with Gasteiger partial charge in [-0.05, 0) is 48.0 Å². The summed E-state index contributed by atoms with van der Waals surface area (Å²) < 4.78 is 21.2. The minimum Gasteiger partial charge on any atom is -0.454 e. The van der Waals surface area contributed by atoms with E-state index in [2.05, 4.69) is 22.5 Å². The fourth-order valence-corrected chi connectivity index (χ4v) is 3.38. The molecule has 0 aliphatic carbocycles. The molecule has 2 aliphatic rings. The summed E-state index contributed by atoms with van der Waals surface area (Å²) in [4.78, 5) is 25.1. The molecule has 0 unspecified atom stereocenters. The summed E-state index contributed by atoms with van der Waals surface area (Å²) in [5.74, 6) is 7.02. The zero-order chi connectivity index (χ0) is 22.6. The lowest BCUT2D eigenvalue weighted by atomic mass is 10.1. The molecule has 2 N–H and O–H groups in total. The van der Waals surface area contributed by atoms with Crippen molar-refractivity contribution in [1.82, 2.24) is 5.32 Å². The Morgan fingerprint density at radius 3 is 2.33 bits per heavy atom. The van der Waals surface area contributed by atoms with Gasteiger partial charge in [0.05, 0.1) is 11.3 Å². The van der Waals surface area contributed by atoms with E-state index < -0.39 is 5.91 Å². The third-order valence-corrected chi connectivity index (χ3v) is 5.00. The van der Waals surface area contributed by atoms with E-state index >= 15 is 0 Å². The molecule has 0 atom stereocenters. The molecule has 5 rings (SSSR count). The third kappa shape index (κ3) is 4.52. The van der Waals surface area contributed by atoms with E-state index in [4.69, 9.17) is 18.9 Å². The minimum atomic E-state index is -0.538. The number of para-hydroxylation sites is 1. The Balaban J connectivity index is 1.24. The van der Waals surface area contributed by atoms with E-state index in [0.29, 0.717) is 46.4 Å². The van der Waals surface area contributed by atoms with Crippen molar-refractivity contribution < 1.29 is 28.5 Å². The van der Waals surface area contributed by atoms with Crippen molar-refractivity contribution in [3.05, 3.63) is 77.4 Å². The highest BCUT2D eigenvalue weighted by atomic mass is 16.7. The number of fused-ring (bicyclic) bond motifs is 2. The average Bonchev–Trinajstić information content (AvgIpc) is 3.50. The number of ether oxygens (including phenoxy) is 4. The molecule has 8 heteroatoms. The van der Waals surface area contributed by atoms with Gasteiger partial charge in [-0.2, -0.15) is 0 Å². The molecule has 164 valence electrons. The predicted octanol–water partition coefficient (Wildman–Crippen LogP) is 3.06. The van der Waals surface area contributed by atoms with Crippen molar-refractivity contribution in [2.75, 3.05) is 18.9 Å². The summed E-state index contributed by atoms with van der Waals surface area (Å²) in [5, 5.41) is 5.53. The summed E-state index contributed by atoms with van der Waals surface area (Å²) in [7, 11) is 0. The second-order valence-corrected chi connectivity index (χ2v) is 7.19. The summed E-state index contributed by atoms with van der Waals surface area (Å²) >= 11 is 0. The number of nitrogens with one attached hydrogen (secondary N) is 2. The highest BCUT2D eigenvalue weighted by molar-refractivity contribution is 6.09. The van der Waals surface area contributed by atoms with Gasteiger partial charge in [0.1, 0.15) is 0 Å². The van der Waals surface area contributed by atoms with Gasteiger partial charge >= 0.3 is 5.91 Å². The first-order valence-electron chi connectivity index (χ1n) is 10.1. The van der Waals surface area contributed by atoms with Gasteiger partial charge in [0.15, 0.2) is 23.0 Å². The van der Waals surface area contributed by atoms with Gasteiger partial charge in [-0.3, -0.25) is 9.59 Å². The molecule has 2 aliphatic heterocycles. The Bertz CT molecular complexity index is 1310. The van der Waals surface area contributed by atoms with Crippen LogP contribution in [0, 0.1) is 11.8 Å². The van der Waals surface area contributed by atoms with Crippen molar-refractivity contribution in [3.63, 3.8) is 0 Å². The molecule has 0 saturated carbocycles. The Hall–Kier alpha value is -4.64. The number of rotatable bonds is 4. The number of hydrogen-bond donors (Lipinski definition) is 2. The molecular formula is C25H18N2O6. The van der Waals surface area contributed by atoms with Crippen molar-refractivity contribution >= 4 is 17.5 Å². The van der Waals surface area contributed by atoms with Crippen LogP contribution in [0.3, 0.4) is 0 Å². The molecule has 0 saturated heterocycles. The second-order valence-electron chi connectivity index (χ2n) is 7.19. The summed E-state index contributed by atoms with van der Waals surface area (Å²) in [6.45, 7) is 0.650. The average molecular weight is 442 g/mol. The van der Waals surface area contributed by atoms with E-state index in [1.54, 1.807) is 48.5 Å². The fourth-order valence-electron chi connectivity index (χ4n) is 3.38. The molecule has 3 aromatic carbocycles. The normalized spacial score (nSPS) is 12.5. The van der Waals surface area contributed by atoms with Crippen LogP contribution in [0.1, 0.15) is 21.5 Å². The van der Waals surface area contributed by atoms with Crippen molar-refractivity contribution in [1.29, 1.82) is 0 Å². The van der Waals surface area contributed by atoms with Crippen LogP contribution in [0.15, 0.2) is 60.7 Å². The maximum atomic E-state index is 12.8. The second kappa shape index (κ2) is 8.85. The standard InChI is InChI=1S/C25H18N2O6/c28-24(10-7-16-5-8-20-22(11-16)32-14-30-20)27-19-4-2-1-3-18(19)25(29)26-13-17-6-9-21-23(12-17)33-15-31-21/h1-6,8-9,11-12H,13-15H2,(H,26,29)(H,27,28). The maximum absolute atomic E-state index is 12.8. The van der Waals surface area contributed by atoms with Crippen LogP contribution in [0.2, 0.25) is 0 Å². The van der Waals surface area contributed by atoms with Crippen molar-refractivity contribution in [3.8, 4) is 34.8 Å². The largest absolute Gasteiger partial charge is 0.454 e. The fraction of sp³-hybridized carbons (Fsp3) is 0.120. The highest BCUT2D eigenvalue weighted by Gasteiger charge is 2.16. The Kier molecular flexibility index (Phi) is 5.43. The first-order valence-corrected chi connectivity index (χ1v) is 10.1. The zero-order valence-electron chi connectivity index (χ0n) is 17.3. The minimum absolute atomic E-state index is 0.167. The molecule has 0 aromatic heterocycles. The van der Waals surface area contributed by atoms with Gasteiger partial charge in [-0.1, -0.05) is 24.1 Å². The van der Waals surface area contributed by atoms with Gasteiger partial charge in [-0.15, -0.1) is 0 Å². The number of carbonyl (C=O) groups is 2. The SMILES string of the molecule is O=C(C#Cc1ccc2c(c1)OCO2)Nc1ccccc1C(=O)NCc1ccc2c(c1)OCO2. The molecular weight excluding hydrogens is 424 g/mol. The Morgan fingerprint density at radius 1 is 0.818 bits per heavy atom. The molecule has 33 heavy (non-hydrogen) atoms. The van der Waals surface area contributed by atoms with E-state index in [1.807, 2.05) is 12.1 Å². The van der Waals surface area contributed by atoms with Crippen molar-refractivity contribution in [2.24, 2.45) is 0 Å². The van der Waals surface area contributed by atoms with Gasteiger partial charge in [0, 0.05) is 18.0 Å². The quantitative estimate of drug-likeness (QED) is 0.603. The van der Waals surface area contributed by atoms with Crippen LogP contribution in [0.4, 0.5) is 5.69 Å². The monoisotopic (exact) mass is 442 g/mol. The molecule has 0 spiro atoms. The smallest absolute Gasteiger partial charge is 0.300 e. The van der Waals surface area contributed by atoms with Crippen LogP contribution in [0.5, 0.6) is 23.0 Å². The number of carbonyl (C=O) groups excluding carboxylic acids is 2. The van der Waals surface area contributed by atoms with E-state index in [9.17, 15) is 9.59 Å². The molecule has 2 amide bonds. The lowest BCUT2D eigenvalue weighted by Gasteiger charge is -2.10. The van der Waals surface area contributed by atoms with Gasteiger partial charge < -0.3 is 29.6 Å². The van der Waals surface area contributed by atoms with Crippen LogP contribution in [-0.4, -0.2) is 25.4 Å². The molecule has 2 heterocycles. The van der Waals surface area contributed by atoms with Gasteiger partial charge in [0.25, 0.3) is 5.91 Å². The lowest BCUT2D eigenvalue weighted by molar-refractivity contribution is -0.111. The molecule has 0 fully saturated rings. The number of hydrogen-bond acceptors (Lipinski definition) is 6. The van der Waals surface area contributed by atoms with Crippen LogP contribution >= 0.6 is 0 Å². The molecule has 3 aromatic rings. The van der Waals surface area contributed by atoms with E-state index in [1.165, 1.54) is 0 Å². The van der Waals surface area contributed by atoms with Crippen molar-refractivity contribution in [2.45, 2.75) is 6.54 Å². The van der Waals surface area contributed by atoms with Crippen LogP contribution in [-0.2, 0) is 11.3 Å². The summed E-state index contributed by atoms with van der Waals surface area (Å²) in [6.07, 6.45) is 0. The predicted molar refractivity (Wildman–Crippen MR) is 118 cm³/mol. The Morgan fingerprint density at radius 2 is 1.52 bits per heavy atom. The van der Waals surface area contributed by atoms with Gasteiger partial charge in [-0.25, -0.2) is 0 Å². The zero-order valence-corrected chi connectivity index (χ0v) is 17.3. The first kappa shape index (κ1) is 20.3. The first-order chi connectivity index (χ1) is 16.2. The maximum Gasteiger partial charge on any atom is 0.300 e. The molecule has 0 bridgehead atoms. The van der Waals surface area contributed by atoms with E-state index in [-0.39, 0.29) is 19.5 Å². The Labute approximate surface area is 189 Å². The molecule has 8 nitrogen and oxygen atoms in total. The lowest BCUT2D eigenvalue weighted by Crippen LogP contribution is -2.24. The molecule has 0 radical (unpaired) electrons.